The van der Waals surface area contributed by atoms with E-state index in [0.717, 1.165) is 18.4 Å². The van der Waals surface area contributed by atoms with Crippen molar-refractivity contribution >= 4 is 0 Å². The largest absolute Gasteiger partial charge is 0.396 e. The zero-order valence-electron chi connectivity index (χ0n) is 9.71. The smallest absolute Gasteiger partial charge is 0.0434 e. The molecule has 1 saturated heterocycles. The van der Waals surface area contributed by atoms with Gasteiger partial charge in [0.2, 0.25) is 0 Å². The van der Waals surface area contributed by atoms with Crippen LogP contribution in [0.15, 0.2) is 0 Å². The van der Waals surface area contributed by atoms with Gasteiger partial charge < -0.3 is 10.0 Å². The first-order valence-corrected chi connectivity index (χ1v) is 6.12. The number of aliphatic hydroxyl groups is 1. The molecule has 1 heterocycles. The molecule has 0 radical (unpaired) electrons. The summed E-state index contributed by atoms with van der Waals surface area (Å²) in [6.07, 6.45) is 6.22. The van der Waals surface area contributed by atoms with Crippen molar-refractivity contribution in [2.45, 2.75) is 52.0 Å². The number of aliphatic hydroxyl groups excluding tert-OH is 1. The summed E-state index contributed by atoms with van der Waals surface area (Å²) < 4.78 is 0. The molecule has 0 spiro atoms. The van der Waals surface area contributed by atoms with Crippen LogP contribution in [0.2, 0.25) is 0 Å². The molecule has 0 amide bonds. The zero-order valence-corrected chi connectivity index (χ0v) is 9.71. The van der Waals surface area contributed by atoms with Crippen LogP contribution in [-0.2, 0) is 0 Å². The fourth-order valence-corrected chi connectivity index (χ4v) is 2.52. The van der Waals surface area contributed by atoms with Crippen LogP contribution in [-0.4, -0.2) is 35.7 Å². The molecule has 2 nitrogen and oxygen atoms in total. The van der Waals surface area contributed by atoms with Gasteiger partial charge >= 0.3 is 0 Å². The predicted molar refractivity (Wildman–Crippen MR) is 60.4 cm³/mol. The van der Waals surface area contributed by atoms with Crippen molar-refractivity contribution in [3.05, 3.63) is 0 Å². The zero-order chi connectivity index (χ0) is 10.4. The van der Waals surface area contributed by atoms with Gasteiger partial charge in [0.05, 0.1) is 0 Å². The van der Waals surface area contributed by atoms with Crippen molar-refractivity contribution in [1.82, 2.24) is 4.90 Å². The van der Waals surface area contributed by atoms with E-state index in [-0.39, 0.29) is 0 Å². The predicted octanol–water partition coefficient (Wildman–Crippen LogP) is 2.27. The first-order valence-electron chi connectivity index (χ1n) is 6.12. The van der Waals surface area contributed by atoms with Gasteiger partial charge in [-0.05, 0) is 45.1 Å². The summed E-state index contributed by atoms with van der Waals surface area (Å²) in [5.41, 5.74) is 0. The molecule has 1 N–H and O–H groups in total. The Balaban J connectivity index is 2.31. The summed E-state index contributed by atoms with van der Waals surface area (Å²) in [7, 11) is 0. The minimum absolute atomic E-state index is 0.362. The van der Waals surface area contributed by atoms with E-state index >= 15 is 0 Å². The van der Waals surface area contributed by atoms with Crippen LogP contribution in [0.5, 0.6) is 0 Å². The molecule has 0 bridgehead atoms. The second-order valence-electron chi connectivity index (χ2n) is 4.65. The fourth-order valence-electron chi connectivity index (χ4n) is 2.52. The third-order valence-corrected chi connectivity index (χ3v) is 3.42. The van der Waals surface area contributed by atoms with Crippen LogP contribution in [0, 0.1) is 5.92 Å². The van der Waals surface area contributed by atoms with Crippen molar-refractivity contribution in [2.75, 3.05) is 19.7 Å². The van der Waals surface area contributed by atoms with E-state index in [1.807, 2.05) is 0 Å². The highest BCUT2D eigenvalue weighted by Gasteiger charge is 2.22. The Morgan fingerprint density at radius 1 is 1.50 bits per heavy atom. The van der Waals surface area contributed by atoms with E-state index in [1.54, 1.807) is 0 Å². The molecular weight excluding hydrogens is 174 g/mol. The van der Waals surface area contributed by atoms with Gasteiger partial charge in [0.25, 0.3) is 0 Å². The van der Waals surface area contributed by atoms with Crippen LogP contribution in [0.3, 0.4) is 0 Å². The SMILES string of the molecule is CCCC(C)N1CCCC(CCO)C1. The lowest BCUT2D eigenvalue weighted by Crippen LogP contribution is -2.41. The Labute approximate surface area is 88.3 Å². The second kappa shape index (κ2) is 6.41. The average Bonchev–Trinajstić information content (AvgIpc) is 2.19. The molecule has 0 aromatic carbocycles. The molecule has 2 unspecified atom stereocenters. The average molecular weight is 199 g/mol. The maximum absolute atomic E-state index is 8.93. The van der Waals surface area contributed by atoms with Crippen molar-refractivity contribution in [3.8, 4) is 0 Å². The van der Waals surface area contributed by atoms with Crippen molar-refractivity contribution in [2.24, 2.45) is 5.92 Å². The molecule has 0 aliphatic carbocycles. The molecule has 0 aromatic heterocycles. The minimum atomic E-state index is 0.362. The Morgan fingerprint density at radius 2 is 2.29 bits per heavy atom. The van der Waals surface area contributed by atoms with Gasteiger partial charge in [-0.3, -0.25) is 0 Å². The van der Waals surface area contributed by atoms with Crippen LogP contribution in [0.25, 0.3) is 0 Å². The van der Waals surface area contributed by atoms with Crippen molar-refractivity contribution in [3.63, 3.8) is 0 Å². The summed E-state index contributed by atoms with van der Waals surface area (Å²) in [5.74, 6) is 0.744. The third-order valence-electron chi connectivity index (χ3n) is 3.42. The monoisotopic (exact) mass is 199 g/mol. The van der Waals surface area contributed by atoms with Crippen LogP contribution < -0.4 is 0 Å². The standard InChI is InChI=1S/C12H25NO/c1-3-5-11(2)13-8-4-6-12(10-13)7-9-14/h11-12,14H,3-10H2,1-2H3. The Kier molecular flexibility index (Phi) is 5.49. The maximum atomic E-state index is 8.93. The van der Waals surface area contributed by atoms with Crippen LogP contribution in [0.4, 0.5) is 0 Å². The van der Waals surface area contributed by atoms with E-state index in [4.69, 9.17) is 5.11 Å². The Morgan fingerprint density at radius 3 is 2.93 bits per heavy atom. The highest BCUT2D eigenvalue weighted by atomic mass is 16.3. The van der Waals surface area contributed by atoms with E-state index in [9.17, 15) is 0 Å². The summed E-state index contributed by atoms with van der Waals surface area (Å²) in [6, 6.07) is 0.737. The lowest BCUT2D eigenvalue weighted by atomic mass is 9.93. The number of hydrogen-bond donors (Lipinski definition) is 1. The summed E-state index contributed by atoms with van der Waals surface area (Å²) >= 11 is 0. The number of likely N-dealkylation sites (tertiary alicyclic amines) is 1. The number of piperidine rings is 1. The number of hydrogen-bond acceptors (Lipinski definition) is 2. The van der Waals surface area contributed by atoms with Crippen LogP contribution >= 0.6 is 0 Å². The molecule has 84 valence electrons. The molecular formula is C12H25NO. The summed E-state index contributed by atoms with van der Waals surface area (Å²) in [4.78, 5) is 2.60. The molecule has 1 aliphatic rings. The number of nitrogens with zero attached hydrogens (tertiary/aromatic N) is 1. The van der Waals surface area contributed by atoms with Gasteiger partial charge in [0.1, 0.15) is 0 Å². The number of rotatable bonds is 5. The fraction of sp³-hybridized carbons (Fsp3) is 1.00. The summed E-state index contributed by atoms with van der Waals surface area (Å²) in [6.45, 7) is 7.43. The van der Waals surface area contributed by atoms with E-state index in [2.05, 4.69) is 18.7 Å². The lowest BCUT2D eigenvalue weighted by Gasteiger charge is -2.36. The van der Waals surface area contributed by atoms with Gasteiger partial charge in [-0.25, -0.2) is 0 Å². The van der Waals surface area contributed by atoms with Gasteiger partial charge in [-0.2, -0.15) is 0 Å². The first-order chi connectivity index (χ1) is 6.77. The highest BCUT2D eigenvalue weighted by molar-refractivity contribution is 4.76. The molecule has 2 heteroatoms. The van der Waals surface area contributed by atoms with E-state index < -0.39 is 0 Å². The normalized spacial score (nSPS) is 26.4. The molecule has 1 fully saturated rings. The molecule has 2 atom stereocenters. The molecule has 1 aliphatic heterocycles. The molecule has 14 heavy (non-hydrogen) atoms. The molecule has 0 saturated carbocycles. The Bertz CT molecular complexity index is 143. The quantitative estimate of drug-likeness (QED) is 0.734. The maximum Gasteiger partial charge on any atom is 0.0434 e. The first kappa shape index (κ1) is 12.0. The van der Waals surface area contributed by atoms with Gasteiger partial charge in [-0.15, -0.1) is 0 Å². The van der Waals surface area contributed by atoms with Gasteiger partial charge in [-0.1, -0.05) is 13.3 Å². The van der Waals surface area contributed by atoms with E-state index in [0.29, 0.717) is 6.61 Å². The molecule has 0 aromatic rings. The van der Waals surface area contributed by atoms with Crippen LogP contribution in [0.1, 0.15) is 46.0 Å². The summed E-state index contributed by atoms with van der Waals surface area (Å²) in [5, 5.41) is 8.93. The van der Waals surface area contributed by atoms with Crippen molar-refractivity contribution < 1.29 is 5.11 Å². The second-order valence-corrected chi connectivity index (χ2v) is 4.65. The lowest BCUT2D eigenvalue weighted by molar-refractivity contribution is 0.110. The van der Waals surface area contributed by atoms with Gasteiger partial charge in [0.15, 0.2) is 0 Å². The Hall–Kier alpha value is -0.0800. The van der Waals surface area contributed by atoms with Gasteiger partial charge in [0, 0.05) is 19.2 Å². The highest BCUT2D eigenvalue weighted by Crippen LogP contribution is 2.22. The third kappa shape index (κ3) is 3.58. The van der Waals surface area contributed by atoms with Crippen molar-refractivity contribution in [1.29, 1.82) is 0 Å². The minimum Gasteiger partial charge on any atom is -0.396 e. The molecule has 1 rings (SSSR count). The van der Waals surface area contributed by atoms with E-state index in [1.165, 1.54) is 38.8 Å². The topological polar surface area (TPSA) is 23.5 Å².